The summed E-state index contributed by atoms with van der Waals surface area (Å²) in [4.78, 5) is 5.62. The molecule has 0 saturated carbocycles. The Morgan fingerprint density at radius 3 is 2.57 bits per heavy atom. The lowest BCUT2D eigenvalue weighted by Gasteiger charge is -2.23. The molecular weight excluding hydrogens is 276 g/mol. The molecule has 0 radical (unpaired) electrons. The van der Waals surface area contributed by atoms with E-state index in [0.29, 0.717) is 0 Å². The van der Waals surface area contributed by atoms with Gasteiger partial charge in [-0.15, -0.1) is 12.6 Å². The van der Waals surface area contributed by atoms with Gasteiger partial charge in [0.1, 0.15) is 0 Å². The smallest absolute Gasteiger partial charge is 0.0945 e. The lowest BCUT2D eigenvalue weighted by Crippen LogP contribution is -2.25. The van der Waals surface area contributed by atoms with Crippen molar-refractivity contribution in [3.05, 3.63) is 71.6 Å². The third-order valence-corrected chi connectivity index (χ3v) is 4.34. The number of thiol groups is 1. The maximum atomic E-state index is 4.67. The second-order valence-corrected chi connectivity index (χ2v) is 6.04. The number of rotatable bonds is 3. The molecule has 0 N–H and O–H groups in total. The summed E-state index contributed by atoms with van der Waals surface area (Å²) < 4.78 is 0. The molecule has 0 atom stereocenters. The first-order chi connectivity index (χ1) is 10.1. The van der Waals surface area contributed by atoms with Gasteiger partial charge in [-0.25, -0.2) is 0 Å². The minimum atomic E-state index is 0.866. The Labute approximate surface area is 132 Å². The fourth-order valence-corrected chi connectivity index (χ4v) is 2.96. The van der Waals surface area contributed by atoms with Crippen LogP contribution in [0.15, 0.2) is 59.8 Å². The topological polar surface area (TPSA) is 6.48 Å². The molecule has 2 aromatic rings. The highest BCUT2D eigenvalue weighted by Crippen LogP contribution is 2.31. The van der Waals surface area contributed by atoms with Crippen molar-refractivity contribution < 1.29 is 0 Å². The van der Waals surface area contributed by atoms with Gasteiger partial charge in [-0.1, -0.05) is 36.4 Å². The Bertz CT molecular complexity index is 664. The largest absolute Gasteiger partial charge is 0.354 e. The van der Waals surface area contributed by atoms with E-state index in [4.69, 9.17) is 0 Å². The number of aryl methyl sites for hydroxylation is 2. The van der Waals surface area contributed by atoms with Gasteiger partial charge in [-0.05, 0) is 36.6 Å². The number of anilines is 1. The van der Waals surface area contributed by atoms with E-state index in [0.717, 1.165) is 18.1 Å². The van der Waals surface area contributed by atoms with Crippen LogP contribution in [0.4, 0.5) is 5.69 Å². The van der Waals surface area contributed by atoms with Crippen molar-refractivity contribution in [1.29, 1.82) is 0 Å². The number of benzene rings is 2. The molecule has 2 nitrogen and oxygen atoms in total. The number of hydrogen-bond donors (Lipinski definition) is 1. The molecule has 1 aliphatic rings. The van der Waals surface area contributed by atoms with Crippen LogP contribution in [0, 0.1) is 13.8 Å². The summed E-state index contributed by atoms with van der Waals surface area (Å²) in [6, 6.07) is 14.9. The van der Waals surface area contributed by atoms with Crippen LogP contribution in [-0.2, 0) is 6.54 Å². The SMILES string of the molecule is Cc1cc(C)c(S)c(N2C=CN(Cc3ccccc3)C2)c1. The van der Waals surface area contributed by atoms with Crippen LogP contribution >= 0.6 is 12.6 Å². The minimum Gasteiger partial charge on any atom is -0.354 e. The van der Waals surface area contributed by atoms with Crippen molar-refractivity contribution in [2.75, 3.05) is 11.6 Å². The molecule has 0 amide bonds. The lowest BCUT2D eigenvalue weighted by atomic mass is 10.1. The zero-order chi connectivity index (χ0) is 14.8. The van der Waals surface area contributed by atoms with Crippen LogP contribution in [0.3, 0.4) is 0 Å². The Morgan fingerprint density at radius 2 is 1.81 bits per heavy atom. The summed E-state index contributed by atoms with van der Waals surface area (Å²) in [5, 5.41) is 0. The summed E-state index contributed by atoms with van der Waals surface area (Å²) in [5.74, 6) is 0. The Balaban J connectivity index is 1.75. The van der Waals surface area contributed by atoms with Gasteiger partial charge in [0.2, 0.25) is 0 Å². The minimum absolute atomic E-state index is 0.866. The molecular formula is C18H20N2S. The predicted molar refractivity (Wildman–Crippen MR) is 91.6 cm³/mol. The van der Waals surface area contributed by atoms with Crippen LogP contribution < -0.4 is 4.90 Å². The average Bonchev–Trinajstić information content (AvgIpc) is 2.92. The molecule has 3 rings (SSSR count). The average molecular weight is 296 g/mol. The Kier molecular flexibility index (Phi) is 3.93. The van der Waals surface area contributed by atoms with E-state index in [1.54, 1.807) is 0 Å². The molecule has 0 fully saturated rings. The molecule has 0 saturated heterocycles. The van der Waals surface area contributed by atoms with Gasteiger partial charge in [0.25, 0.3) is 0 Å². The van der Waals surface area contributed by atoms with E-state index in [2.05, 4.69) is 91.1 Å². The number of hydrogen-bond acceptors (Lipinski definition) is 3. The third-order valence-electron chi connectivity index (χ3n) is 3.75. The summed E-state index contributed by atoms with van der Waals surface area (Å²) in [6.45, 7) is 6.04. The Hall–Kier alpha value is -1.87. The molecule has 0 aromatic heterocycles. The molecule has 1 aliphatic heterocycles. The van der Waals surface area contributed by atoms with Crippen molar-refractivity contribution >= 4 is 18.3 Å². The van der Waals surface area contributed by atoms with E-state index in [1.807, 2.05) is 0 Å². The highest BCUT2D eigenvalue weighted by Gasteiger charge is 2.17. The van der Waals surface area contributed by atoms with Gasteiger partial charge in [0.05, 0.1) is 12.4 Å². The monoisotopic (exact) mass is 296 g/mol. The summed E-state index contributed by atoms with van der Waals surface area (Å²) >= 11 is 4.67. The summed E-state index contributed by atoms with van der Waals surface area (Å²) in [6.07, 6.45) is 4.29. The fraction of sp³-hybridized carbons (Fsp3) is 0.222. The first kappa shape index (κ1) is 14.1. The van der Waals surface area contributed by atoms with E-state index in [1.165, 1.54) is 22.4 Å². The maximum absolute atomic E-state index is 4.67. The Morgan fingerprint density at radius 1 is 1.05 bits per heavy atom. The lowest BCUT2D eigenvalue weighted by molar-refractivity contribution is 0.400. The van der Waals surface area contributed by atoms with Crippen molar-refractivity contribution in [2.45, 2.75) is 25.3 Å². The zero-order valence-electron chi connectivity index (χ0n) is 12.5. The maximum Gasteiger partial charge on any atom is 0.0945 e. The van der Waals surface area contributed by atoms with Crippen LogP contribution in [0.2, 0.25) is 0 Å². The predicted octanol–water partition coefficient (Wildman–Crippen LogP) is 4.34. The first-order valence-electron chi connectivity index (χ1n) is 7.16. The van der Waals surface area contributed by atoms with Crippen LogP contribution in [0.25, 0.3) is 0 Å². The third kappa shape index (κ3) is 3.08. The molecule has 108 valence electrons. The summed E-state index contributed by atoms with van der Waals surface area (Å²) in [7, 11) is 0. The number of nitrogens with zero attached hydrogens (tertiary/aromatic N) is 2. The standard InChI is InChI=1S/C18H20N2S/c1-14-10-15(2)18(21)17(11-14)20-9-8-19(13-20)12-16-6-4-3-5-7-16/h3-11,21H,12-13H2,1-2H3. The van der Waals surface area contributed by atoms with Gasteiger partial charge in [-0.3, -0.25) is 0 Å². The molecule has 0 bridgehead atoms. The highest BCUT2D eigenvalue weighted by atomic mass is 32.1. The van der Waals surface area contributed by atoms with E-state index in [-0.39, 0.29) is 0 Å². The molecule has 2 aromatic carbocycles. The molecule has 0 aliphatic carbocycles. The van der Waals surface area contributed by atoms with Crippen LogP contribution in [-0.4, -0.2) is 11.6 Å². The second kappa shape index (κ2) is 5.86. The zero-order valence-corrected chi connectivity index (χ0v) is 13.3. The van der Waals surface area contributed by atoms with Crippen molar-refractivity contribution in [3.8, 4) is 0 Å². The van der Waals surface area contributed by atoms with E-state index in [9.17, 15) is 0 Å². The van der Waals surface area contributed by atoms with Gasteiger partial charge >= 0.3 is 0 Å². The normalized spacial score (nSPS) is 14.0. The van der Waals surface area contributed by atoms with Gasteiger partial charge < -0.3 is 9.80 Å². The van der Waals surface area contributed by atoms with Gasteiger partial charge in [-0.2, -0.15) is 0 Å². The molecule has 21 heavy (non-hydrogen) atoms. The van der Waals surface area contributed by atoms with Crippen LogP contribution in [0.1, 0.15) is 16.7 Å². The van der Waals surface area contributed by atoms with Crippen LogP contribution in [0.5, 0.6) is 0 Å². The molecule has 1 heterocycles. The van der Waals surface area contributed by atoms with Gasteiger partial charge in [0, 0.05) is 23.8 Å². The first-order valence-corrected chi connectivity index (χ1v) is 7.61. The van der Waals surface area contributed by atoms with E-state index < -0.39 is 0 Å². The molecule has 3 heteroatoms. The highest BCUT2D eigenvalue weighted by molar-refractivity contribution is 7.80. The van der Waals surface area contributed by atoms with Gasteiger partial charge in [0.15, 0.2) is 0 Å². The quantitative estimate of drug-likeness (QED) is 0.842. The summed E-state index contributed by atoms with van der Waals surface area (Å²) in [5.41, 5.74) is 5.01. The van der Waals surface area contributed by atoms with Crippen molar-refractivity contribution in [1.82, 2.24) is 4.90 Å². The second-order valence-electron chi connectivity index (χ2n) is 5.59. The van der Waals surface area contributed by atoms with E-state index >= 15 is 0 Å². The fourth-order valence-electron chi connectivity index (χ4n) is 2.70. The molecule has 0 spiro atoms. The van der Waals surface area contributed by atoms with Crippen molar-refractivity contribution in [3.63, 3.8) is 0 Å². The van der Waals surface area contributed by atoms with Crippen molar-refractivity contribution in [2.24, 2.45) is 0 Å². The molecule has 0 unspecified atom stereocenters.